The molecule has 94 valence electrons. The Morgan fingerprint density at radius 2 is 2.31 bits per heavy atom. The molecule has 1 heterocycles. The maximum absolute atomic E-state index is 10.6. The van der Waals surface area contributed by atoms with Gasteiger partial charge in [0.05, 0.1) is 5.92 Å². The molecular weight excluding hydrogens is 222 g/mol. The Morgan fingerprint density at radius 1 is 1.56 bits per heavy atom. The van der Waals surface area contributed by atoms with Gasteiger partial charge >= 0.3 is 5.97 Å². The summed E-state index contributed by atoms with van der Waals surface area (Å²) in [5, 5.41) is 8.75. The minimum atomic E-state index is -0.678. The summed E-state index contributed by atoms with van der Waals surface area (Å²) in [6.07, 6.45) is 5.19. The van der Waals surface area contributed by atoms with E-state index in [1.807, 2.05) is 0 Å². The van der Waals surface area contributed by atoms with Gasteiger partial charge in [-0.05, 0) is 38.6 Å². The normalized spacial score (nSPS) is 24.2. The summed E-state index contributed by atoms with van der Waals surface area (Å²) < 4.78 is 0. The summed E-state index contributed by atoms with van der Waals surface area (Å²) in [5.74, 6) is 0.939. The van der Waals surface area contributed by atoms with Gasteiger partial charge in [0.15, 0.2) is 0 Å². The summed E-state index contributed by atoms with van der Waals surface area (Å²) >= 11 is 1.78. The quantitative estimate of drug-likeness (QED) is 0.729. The van der Waals surface area contributed by atoms with Crippen LogP contribution in [0, 0.1) is 5.92 Å². The van der Waals surface area contributed by atoms with Crippen molar-refractivity contribution in [3.05, 3.63) is 0 Å². The molecule has 0 aromatic carbocycles. The first-order chi connectivity index (χ1) is 7.61. The first-order valence-electron chi connectivity index (χ1n) is 6.12. The molecule has 1 aliphatic rings. The molecule has 1 rings (SSSR count). The minimum Gasteiger partial charge on any atom is -0.481 e. The van der Waals surface area contributed by atoms with Crippen molar-refractivity contribution in [2.45, 2.75) is 38.6 Å². The molecule has 0 aliphatic carbocycles. The van der Waals surface area contributed by atoms with Gasteiger partial charge in [-0.15, -0.1) is 0 Å². The van der Waals surface area contributed by atoms with E-state index in [-0.39, 0.29) is 5.92 Å². The van der Waals surface area contributed by atoms with Gasteiger partial charge in [0.25, 0.3) is 0 Å². The van der Waals surface area contributed by atoms with Crippen molar-refractivity contribution in [1.29, 1.82) is 0 Å². The molecule has 0 spiro atoms. The van der Waals surface area contributed by atoms with Gasteiger partial charge in [-0.3, -0.25) is 4.79 Å². The predicted molar refractivity (Wildman–Crippen MR) is 69.0 cm³/mol. The van der Waals surface area contributed by atoms with E-state index >= 15 is 0 Å². The molecular formula is C12H23NO2S. The van der Waals surface area contributed by atoms with Crippen LogP contribution in [0.4, 0.5) is 0 Å². The zero-order chi connectivity index (χ0) is 12.0. The van der Waals surface area contributed by atoms with Crippen LogP contribution in [0.3, 0.4) is 0 Å². The number of carboxylic acids is 1. The van der Waals surface area contributed by atoms with Crippen molar-refractivity contribution in [1.82, 2.24) is 4.90 Å². The summed E-state index contributed by atoms with van der Waals surface area (Å²) in [6.45, 7) is 3.00. The molecule has 0 radical (unpaired) electrons. The van der Waals surface area contributed by atoms with Crippen molar-refractivity contribution in [2.24, 2.45) is 5.92 Å². The molecule has 2 unspecified atom stereocenters. The van der Waals surface area contributed by atoms with Crippen LogP contribution in [0.5, 0.6) is 0 Å². The smallest absolute Gasteiger partial charge is 0.307 e. The summed E-state index contributed by atoms with van der Waals surface area (Å²) in [7, 11) is 2.20. The Hall–Kier alpha value is -0.220. The van der Waals surface area contributed by atoms with Crippen molar-refractivity contribution in [2.75, 3.05) is 25.1 Å². The lowest BCUT2D eigenvalue weighted by Crippen LogP contribution is -2.36. The maximum atomic E-state index is 10.6. The zero-order valence-corrected chi connectivity index (χ0v) is 11.1. The predicted octanol–water partition coefficient (Wildman–Crippen LogP) is 2.31. The van der Waals surface area contributed by atoms with Crippen LogP contribution in [0.2, 0.25) is 0 Å². The van der Waals surface area contributed by atoms with Crippen LogP contribution in [-0.2, 0) is 4.79 Å². The number of thioether (sulfide) groups is 1. The topological polar surface area (TPSA) is 40.5 Å². The Balaban J connectivity index is 2.08. The van der Waals surface area contributed by atoms with E-state index in [0.29, 0.717) is 0 Å². The van der Waals surface area contributed by atoms with Crippen LogP contribution in [0.15, 0.2) is 0 Å². The second-order valence-electron chi connectivity index (χ2n) is 4.73. The van der Waals surface area contributed by atoms with Gasteiger partial charge in [-0.1, -0.05) is 13.3 Å². The van der Waals surface area contributed by atoms with E-state index in [4.69, 9.17) is 5.11 Å². The average Bonchev–Trinajstić information content (AvgIpc) is 2.26. The second-order valence-corrected chi connectivity index (χ2v) is 5.88. The molecule has 0 aromatic rings. The molecule has 3 nitrogen and oxygen atoms in total. The first kappa shape index (κ1) is 13.8. The van der Waals surface area contributed by atoms with E-state index < -0.39 is 5.97 Å². The number of carboxylic acid groups (broad SMARTS) is 1. The van der Waals surface area contributed by atoms with E-state index in [1.54, 1.807) is 18.7 Å². The highest BCUT2D eigenvalue weighted by atomic mass is 32.2. The van der Waals surface area contributed by atoms with Crippen LogP contribution in [-0.4, -0.2) is 47.1 Å². The summed E-state index contributed by atoms with van der Waals surface area (Å²) in [5.41, 5.74) is 0. The number of piperidine rings is 1. The van der Waals surface area contributed by atoms with Gasteiger partial charge in [-0.25, -0.2) is 0 Å². The van der Waals surface area contributed by atoms with E-state index in [9.17, 15) is 4.79 Å². The van der Waals surface area contributed by atoms with Crippen LogP contribution in [0.25, 0.3) is 0 Å². The Bertz CT molecular complexity index is 223. The first-order valence-corrected chi connectivity index (χ1v) is 7.27. The molecule has 16 heavy (non-hydrogen) atoms. The molecule has 4 heteroatoms. The molecule has 1 N–H and O–H groups in total. The lowest BCUT2D eigenvalue weighted by molar-refractivity contribution is -0.140. The van der Waals surface area contributed by atoms with E-state index in [2.05, 4.69) is 11.9 Å². The average molecular weight is 245 g/mol. The largest absolute Gasteiger partial charge is 0.481 e. The van der Waals surface area contributed by atoms with Gasteiger partial charge in [-0.2, -0.15) is 11.8 Å². The van der Waals surface area contributed by atoms with Gasteiger partial charge in [0.2, 0.25) is 0 Å². The second kappa shape index (κ2) is 7.17. The maximum Gasteiger partial charge on any atom is 0.307 e. The summed E-state index contributed by atoms with van der Waals surface area (Å²) in [4.78, 5) is 13.1. The third kappa shape index (κ3) is 4.74. The fraction of sp³-hybridized carbons (Fsp3) is 0.917. The zero-order valence-electron chi connectivity index (χ0n) is 10.3. The number of aliphatic carboxylic acids is 1. The monoisotopic (exact) mass is 245 g/mol. The Labute approximate surface area is 103 Å². The van der Waals surface area contributed by atoms with Crippen molar-refractivity contribution in [3.63, 3.8) is 0 Å². The molecule has 1 saturated heterocycles. The highest BCUT2D eigenvalue weighted by molar-refractivity contribution is 7.99. The third-order valence-electron chi connectivity index (χ3n) is 3.31. The molecule has 0 saturated carbocycles. The molecule has 2 atom stereocenters. The van der Waals surface area contributed by atoms with Crippen molar-refractivity contribution < 1.29 is 9.90 Å². The van der Waals surface area contributed by atoms with E-state index in [1.165, 1.54) is 32.2 Å². The number of rotatable bonds is 6. The van der Waals surface area contributed by atoms with Gasteiger partial charge in [0.1, 0.15) is 0 Å². The third-order valence-corrected chi connectivity index (χ3v) is 4.57. The fourth-order valence-electron chi connectivity index (χ4n) is 2.06. The van der Waals surface area contributed by atoms with Crippen LogP contribution < -0.4 is 0 Å². The fourth-order valence-corrected chi connectivity index (χ4v) is 3.16. The van der Waals surface area contributed by atoms with E-state index in [0.717, 1.165) is 17.5 Å². The van der Waals surface area contributed by atoms with Crippen LogP contribution >= 0.6 is 11.8 Å². The highest BCUT2D eigenvalue weighted by Gasteiger charge is 2.18. The molecule has 0 aromatic heterocycles. The van der Waals surface area contributed by atoms with Crippen molar-refractivity contribution in [3.8, 4) is 0 Å². The van der Waals surface area contributed by atoms with Gasteiger partial charge in [0, 0.05) is 11.8 Å². The molecule has 0 amide bonds. The number of carbonyl (C=O) groups is 1. The number of hydrogen-bond donors (Lipinski definition) is 1. The minimum absolute atomic E-state index is 0.214. The number of hydrogen-bond acceptors (Lipinski definition) is 3. The SMILES string of the molecule is CC(CSCCC1CCCCN1C)C(=O)O. The Kier molecular flexibility index (Phi) is 6.21. The van der Waals surface area contributed by atoms with Crippen LogP contribution in [0.1, 0.15) is 32.6 Å². The molecule has 1 fully saturated rings. The lowest BCUT2D eigenvalue weighted by Gasteiger charge is -2.32. The number of nitrogens with zero attached hydrogens (tertiary/aromatic N) is 1. The Morgan fingerprint density at radius 3 is 2.94 bits per heavy atom. The number of likely N-dealkylation sites (tertiary alicyclic amines) is 1. The highest BCUT2D eigenvalue weighted by Crippen LogP contribution is 2.20. The summed E-state index contributed by atoms with van der Waals surface area (Å²) in [6, 6.07) is 0.724. The molecule has 1 aliphatic heterocycles. The lowest BCUT2D eigenvalue weighted by atomic mass is 10.0. The van der Waals surface area contributed by atoms with Crippen molar-refractivity contribution >= 4 is 17.7 Å². The standard InChI is InChI=1S/C12H23NO2S/c1-10(12(14)15)9-16-8-6-11-5-3-4-7-13(11)2/h10-11H,3-9H2,1-2H3,(H,14,15). The molecule has 0 bridgehead atoms. The van der Waals surface area contributed by atoms with Gasteiger partial charge < -0.3 is 10.0 Å².